The second-order valence-electron chi connectivity index (χ2n) is 3.74. The van der Waals surface area contributed by atoms with Gasteiger partial charge < -0.3 is 0 Å². The van der Waals surface area contributed by atoms with Crippen LogP contribution in [0.25, 0.3) is 10.4 Å². The van der Waals surface area contributed by atoms with Gasteiger partial charge in [0.1, 0.15) is 0 Å². The molecule has 0 aliphatic carbocycles. The second kappa shape index (κ2) is 4.15. The summed E-state index contributed by atoms with van der Waals surface area (Å²) in [5.74, 6) is 0. The van der Waals surface area contributed by atoms with Gasteiger partial charge >= 0.3 is 0 Å². The molecule has 1 aromatic carbocycles. The summed E-state index contributed by atoms with van der Waals surface area (Å²) in [5.41, 5.74) is 11.3. The number of rotatable bonds is 2. The molecule has 1 aromatic rings. The maximum absolute atomic E-state index is 11.8. The van der Waals surface area contributed by atoms with Crippen LogP contribution in [0.3, 0.4) is 0 Å². The van der Waals surface area contributed by atoms with Gasteiger partial charge in [0.15, 0.2) is 0 Å². The molecule has 0 heterocycles. The molecule has 0 unspecified atom stereocenters. The molecule has 1 rings (SSSR count). The van der Waals surface area contributed by atoms with E-state index in [4.69, 9.17) is 5.53 Å². The van der Waals surface area contributed by atoms with Gasteiger partial charge in [0.05, 0.1) is 4.90 Å². The molecule has 0 aliphatic rings. The van der Waals surface area contributed by atoms with E-state index in [-0.39, 0.29) is 4.90 Å². The number of benzene rings is 1. The Morgan fingerprint density at radius 2 is 1.56 bits per heavy atom. The number of azide groups is 1. The summed E-state index contributed by atoms with van der Waals surface area (Å²) in [7, 11) is -3.91. The van der Waals surface area contributed by atoms with Crippen LogP contribution in [0.4, 0.5) is 0 Å². The monoisotopic (exact) mass is 239 g/mol. The molecule has 0 bridgehead atoms. The highest BCUT2D eigenvalue weighted by Crippen LogP contribution is 2.27. The van der Waals surface area contributed by atoms with Gasteiger partial charge in [-0.3, -0.25) is 0 Å². The van der Waals surface area contributed by atoms with Crippen LogP contribution in [0.1, 0.15) is 22.3 Å². The van der Waals surface area contributed by atoms with Gasteiger partial charge in [-0.1, -0.05) is 6.07 Å². The molecule has 5 nitrogen and oxygen atoms in total. The minimum atomic E-state index is -3.91. The van der Waals surface area contributed by atoms with Crippen molar-refractivity contribution < 1.29 is 8.42 Å². The quantitative estimate of drug-likeness (QED) is 0.451. The van der Waals surface area contributed by atoms with Crippen molar-refractivity contribution in [2.24, 2.45) is 4.52 Å². The lowest BCUT2D eigenvalue weighted by molar-refractivity contribution is 0.596. The predicted molar refractivity (Wildman–Crippen MR) is 61.7 cm³/mol. The van der Waals surface area contributed by atoms with E-state index in [0.29, 0.717) is 11.1 Å². The molecule has 86 valence electrons. The van der Waals surface area contributed by atoms with Crippen molar-refractivity contribution in [2.75, 3.05) is 0 Å². The van der Waals surface area contributed by atoms with Crippen molar-refractivity contribution in [1.82, 2.24) is 0 Å². The van der Waals surface area contributed by atoms with Gasteiger partial charge in [0.2, 0.25) is 0 Å². The van der Waals surface area contributed by atoms with E-state index >= 15 is 0 Å². The molecule has 0 spiro atoms. The summed E-state index contributed by atoms with van der Waals surface area (Å²) in [5, 5.41) is 0. The van der Waals surface area contributed by atoms with E-state index < -0.39 is 10.0 Å². The van der Waals surface area contributed by atoms with Crippen LogP contribution in [0.5, 0.6) is 0 Å². The third kappa shape index (κ3) is 2.03. The normalized spacial score (nSPS) is 11.0. The Hall–Kier alpha value is -1.52. The first kappa shape index (κ1) is 12.5. The van der Waals surface area contributed by atoms with Crippen molar-refractivity contribution >= 4 is 10.0 Å². The summed E-state index contributed by atoms with van der Waals surface area (Å²) in [6, 6.07) is 1.92. The molecular formula is C10H13N3O2S. The summed E-state index contributed by atoms with van der Waals surface area (Å²) in [6.07, 6.45) is 0. The van der Waals surface area contributed by atoms with Gasteiger partial charge in [0, 0.05) is 9.43 Å². The number of hydrogen-bond donors (Lipinski definition) is 0. The largest absolute Gasteiger partial charge is 0.264 e. The zero-order valence-corrected chi connectivity index (χ0v) is 10.5. The zero-order chi connectivity index (χ0) is 12.5. The van der Waals surface area contributed by atoms with Gasteiger partial charge in [-0.05, 0) is 55.5 Å². The highest BCUT2D eigenvalue weighted by atomic mass is 32.2. The molecule has 0 aliphatic heterocycles. The lowest BCUT2D eigenvalue weighted by Gasteiger charge is -2.12. The van der Waals surface area contributed by atoms with Gasteiger partial charge in [-0.2, -0.15) is 0 Å². The molecule has 0 atom stereocenters. The smallest absolute Gasteiger partial charge is 0.216 e. The average molecular weight is 239 g/mol. The molecule has 0 radical (unpaired) electrons. The fourth-order valence-corrected chi connectivity index (χ4v) is 2.93. The first-order chi connectivity index (χ1) is 7.31. The average Bonchev–Trinajstić information content (AvgIpc) is 2.14. The maximum Gasteiger partial charge on any atom is 0.264 e. The van der Waals surface area contributed by atoms with Crippen LogP contribution in [0, 0.1) is 27.7 Å². The van der Waals surface area contributed by atoms with Crippen molar-refractivity contribution in [1.29, 1.82) is 0 Å². The van der Waals surface area contributed by atoms with E-state index in [2.05, 4.69) is 9.43 Å². The Kier molecular flexibility index (Phi) is 3.26. The highest BCUT2D eigenvalue weighted by Gasteiger charge is 2.20. The molecule has 0 saturated carbocycles. The molecule has 16 heavy (non-hydrogen) atoms. The van der Waals surface area contributed by atoms with E-state index in [0.717, 1.165) is 11.1 Å². The van der Waals surface area contributed by atoms with Crippen LogP contribution in [-0.2, 0) is 10.0 Å². The standard InChI is InChI=1S/C10H13N3O2S/c1-6-5-7(2)9(4)10(8(6)3)16(14,15)13-12-11/h5H,1-4H3. The fraction of sp³-hybridized carbons (Fsp3) is 0.400. The van der Waals surface area contributed by atoms with E-state index in [1.54, 1.807) is 13.8 Å². The van der Waals surface area contributed by atoms with Crippen molar-refractivity contribution in [3.63, 3.8) is 0 Å². The van der Waals surface area contributed by atoms with Crippen molar-refractivity contribution in [2.45, 2.75) is 32.6 Å². The van der Waals surface area contributed by atoms with Gasteiger partial charge in [-0.25, -0.2) is 8.42 Å². The van der Waals surface area contributed by atoms with Gasteiger partial charge in [0.25, 0.3) is 10.0 Å². The van der Waals surface area contributed by atoms with E-state index in [1.165, 1.54) is 0 Å². The highest BCUT2D eigenvalue weighted by molar-refractivity contribution is 7.90. The van der Waals surface area contributed by atoms with E-state index in [1.807, 2.05) is 19.9 Å². The Bertz CT molecular complexity index is 558. The Balaban J connectivity index is 3.76. The van der Waals surface area contributed by atoms with Crippen molar-refractivity contribution in [3.8, 4) is 0 Å². The Morgan fingerprint density at radius 1 is 1.12 bits per heavy atom. The first-order valence-corrected chi connectivity index (χ1v) is 6.14. The van der Waals surface area contributed by atoms with Crippen LogP contribution in [-0.4, -0.2) is 8.42 Å². The molecule has 0 aromatic heterocycles. The predicted octanol–water partition coefficient (Wildman–Crippen LogP) is 2.92. The SMILES string of the molecule is Cc1cc(C)c(C)c(S(=O)(=O)N=[N+]=[N-])c1C. The molecule has 0 amide bonds. The molecule has 6 heteroatoms. The lowest BCUT2D eigenvalue weighted by atomic mass is 10.0. The Morgan fingerprint density at radius 3 is 1.94 bits per heavy atom. The number of aryl methyl sites for hydroxylation is 2. The summed E-state index contributed by atoms with van der Waals surface area (Å²) in [4.78, 5) is 2.49. The molecule has 0 saturated heterocycles. The number of nitrogens with zero attached hydrogens (tertiary/aromatic N) is 3. The minimum Gasteiger partial charge on any atom is -0.216 e. The van der Waals surface area contributed by atoms with Crippen LogP contribution in [0.15, 0.2) is 15.5 Å². The second-order valence-corrected chi connectivity index (χ2v) is 5.26. The number of hydrogen-bond acceptors (Lipinski definition) is 2. The van der Waals surface area contributed by atoms with Crippen LogP contribution in [0.2, 0.25) is 0 Å². The molecule has 0 N–H and O–H groups in total. The summed E-state index contributed by atoms with van der Waals surface area (Å²) in [6.45, 7) is 7.08. The third-order valence-corrected chi connectivity index (χ3v) is 4.12. The topological polar surface area (TPSA) is 82.9 Å². The van der Waals surface area contributed by atoms with E-state index in [9.17, 15) is 8.42 Å². The fourth-order valence-electron chi connectivity index (χ4n) is 1.66. The molecule has 0 fully saturated rings. The third-order valence-electron chi connectivity index (χ3n) is 2.70. The first-order valence-electron chi connectivity index (χ1n) is 4.70. The maximum atomic E-state index is 11.8. The van der Waals surface area contributed by atoms with Crippen LogP contribution < -0.4 is 0 Å². The number of sulfonamides is 1. The summed E-state index contributed by atoms with van der Waals surface area (Å²) < 4.78 is 26.4. The van der Waals surface area contributed by atoms with Crippen molar-refractivity contribution in [3.05, 3.63) is 38.8 Å². The molecular weight excluding hydrogens is 226 g/mol. The summed E-state index contributed by atoms with van der Waals surface area (Å²) >= 11 is 0. The zero-order valence-electron chi connectivity index (χ0n) is 9.64. The lowest BCUT2D eigenvalue weighted by Crippen LogP contribution is -2.05. The van der Waals surface area contributed by atoms with Crippen LogP contribution >= 0.6 is 0 Å². The van der Waals surface area contributed by atoms with Gasteiger partial charge in [-0.15, -0.1) is 0 Å². The minimum absolute atomic E-state index is 0.128. The Labute approximate surface area is 94.8 Å².